The molecule has 12 heteroatoms. The molecule has 1 aromatic heterocycles. The third kappa shape index (κ3) is 6.90. The summed E-state index contributed by atoms with van der Waals surface area (Å²) in [6.45, 7) is 2.21. The zero-order valence-corrected chi connectivity index (χ0v) is 25.3. The van der Waals surface area contributed by atoms with E-state index < -0.39 is 10.0 Å². The van der Waals surface area contributed by atoms with E-state index >= 15 is 0 Å². The van der Waals surface area contributed by atoms with Crippen molar-refractivity contribution >= 4 is 60.1 Å². The number of Topliss-reactive ketones (excluding diaryl/α,β-unsaturated/α-hetero) is 1. The lowest BCUT2D eigenvalue weighted by Gasteiger charge is -2.25. The van der Waals surface area contributed by atoms with Crippen LogP contribution in [0.2, 0.25) is 0 Å². The fourth-order valence-electron chi connectivity index (χ4n) is 4.62. The van der Waals surface area contributed by atoms with E-state index in [1.54, 1.807) is 24.7 Å². The third-order valence-electron chi connectivity index (χ3n) is 6.90. The molecule has 0 saturated heterocycles. The first-order valence-electron chi connectivity index (χ1n) is 13.3. The average molecular weight is 633 g/mol. The monoisotopic (exact) mass is 631 g/mol. The summed E-state index contributed by atoms with van der Waals surface area (Å²) in [5.41, 5.74) is 2.98. The normalized spacial score (nSPS) is 13.3. The quantitative estimate of drug-likeness (QED) is 0.274. The maximum Gasteiger partial charge on any atom is 0.270 e. The van der Waals surface area contributed by atoms with Crippen molar-refractivity contribution in [1.29, 1.82) is 0 Å². The fourth-order valence-corrected chi connectivity index (χ4v) is 5.86. The lowest BCUT2D eigenvalue weighted by molar-refractivity contribution is -0.125. The number of rotatable bonds is 13. The zero-order valence-electron chi connectivity index (χ0n) is 22.9. The molecule has 40 heavy (non-hydrogen) atoms. The maximum absolute atomic E-state index is 13.0. The van der Waals surface area contributed by atoms with Gasteiger partial charge in [-0.15, -0.1) is 0 Å². The summed E-state index contributed by atoms with van der Waals surface area (Å²) in [6, 6.07) is 11.1. The number of ketones is 1. The van der Waals surface area contributed by atoms with Crippen molar-refractivity contribution in [3.8, 4) is 5.69 Å². The molecule has 0 unspecified atom stereocenters. The first kappa shape index (κ1) is 29.7. The van der Waals surface area contributed by atoms with Gasteiger partial charge in [0.1, 0.15) is 11.5 Å². The molecule has 2 N–H and O–H groups in total. The fraction of sp³-hybridized carbons (Fsp3) is 0.429. The molecule has 0 atom stereocenters. The minimum absolute atomic E-state index is 0.0311. The van der Waals surface area contributed by atoms with Crippen molar-refractivity contribution in [2.45, 2.75) is 51.4 Å². The van der Waals surface area contributed by atoms with Crippen LogP contribution in [0.5, 0.6) is 0 Å². The van der Waals surface area contributed by atoms with Crippen LogP contribution >= 0.6 is 15.9 Å². The Bertz CT molecular complexity index is 1530. The number of hydrogen-bond acceptors (Lipinski definition) is 6. The van der Waals surface area contributed by atoms with Gasteiger partial charge in [-0.3, -0.25) is 18.7 Å². The van der Waals surface area contributed by atoms with Crippen molar-refractivity contribution in [1.82, 2.24) is 20.4 Å². The van der Waals surface area contributed by atoms with E-state index in [4.69, 9.17) is 5.10 Å². The van der Waals surface area contributed by atoms with Gasteiger partial charge in [-0.25, -0.2) is 13.1 Å². The Balaban J connectivity index is 1.67. The Morgan fingerprint density at radius 2 is 1.82 bits per heavy atom. The molecule has 1 aliphatic rings. The minimum Gasteiger partial charge on any atom is -0.356 e. The molecule has 0 aliphatic heterocycles. The predicted octanol–water partition coefficient (Wildman–Crippen LogP) is 4.06. The molecule has 1 heterocycles. The molecular weight excluding hydrogens is 598 g/mol. The molecule has 2 amide bonds. The molecule has 2 aromatic carbocycles. The van der Waals surface area contributed by atoms with E-state index in [0.717, 1.165) is 22.9 Å². The number of nitrogens with zero attached hydrogens (tertiary/aromatic N) is 3. The van der Waals surface area contributed by atoms with Crippen LogP contribution in [-0.4, -0.2) is 62.2 Å². The first-order chi connectivity index (χ1) is 19.0. The van der Waals surface area contributed by atoms with Crippen LogP contribution in [0, 0.1) is 0 Å². The lowest BCUT2D eigenvalue weighted by atomic mass is 10.0. The second kappa shape index (κ2) is 12.5. The highest BCUT2D eigenvalue weighted by atomic mass is 79.9. The van der Waals surface area contributed by atoms with E-state index in [9.17, 15) is 22.8 Å². The van der Waals surface area contributed by atoms with Crippen LogP contribution in [0.15, 0.2) is 40.9 Å². The smallest absolute Gasteiger partial charge is 0.270 e. The average Bonchev–Trinajstić information content (AvgIpc) is 3.70. The van der Waals surface area contributed by atoms with Gasteiger partial charge in [-0.1, -0.05) is 22.9 Å². The number of aromatic nitrogens is 2. The van der Waals surface area contributed by atoms with Gasteiger partial charge in [0.25, 0.3) is 5.91 Å². The van der Waals surface area contributed by atoms with Gasteiger partial charge in [0.15, 0.2) is 0 Å². The van der Waals surface area contributed by atoms with Crippen LogP contribution in [0.3, 0.4) is 0 Å². The molecule has 1 fully saturated rings. The standard InChI is InChI=1S/C28H34BrN5O5S/c1-4-21(35)12-13-26(36)31-14-5-15-33(40(3,38)39)25-17-24-23(16-22(25)18-6-7-18)27(28(37)30-2)34(32-24)20-10-8-19(29)9-11-20/h8-11,16-18H,4-7,12-15H2,1-3H3,(H,30,37)(H,31,36). The van der Waals surface area contributed by atoms with Gasteiger partial charge in [-0.2, -0.15) is 5.10 Å². The van der Waals surface area contributed by atoms with Gasteiger partial charge in [-0.05, 0) is 67.1 Å². The van der Waals surface area contributed by atoms with Crippen LogP contribution in [-0.2, 0) is 19.6 Å². The molecule has 4 rings (SSSR count). The molecule has 10 nitrogen and oxygen atoms in total. The second-order valence-corrected chi connectivity index (χ2v) is 12.8. The number of sulfonamides is 1. The van der Waals surface area contributed by atoms with Gasteiger partial charge >= 0.3 is 0 Å². The molecule has 0 radical (unpaired) electrons. The number of carbonyl (C=O) groups excluding carboxylic acids is 3. The Kier molecular flexibility index (Phi) is 9.29. The number of amides is 2. The van der Waals surface area contributed by atoms with E-state index in [-0.39, 0.29) is 49.4 Å². The summed E-state index contributed by atoms with van der Waals surface area (Å²) in [4.78, 5) is 36.6. The summed E-state index contributed by atoms with van der Waals surface area (Å²) >= 11 is 3.43. The summed E-state index contributed by atoms with van der Waals surface area (Å²) < 4.78 is 29.8. The van der Waals surface area contributed by atoms with Gasteiger partial charge in [0.05, 0.1) is 23.1 Å². The highest BCUT2D eigenvalue weighted by Gasteiger charge is 2.32. The Labute approximate surface area is 242 Å². The van der Waals surface area contributed by atoms with E-state index in [1.807, 2.05) is 30.3 Å². The second-order valence-electron chi connectivity index (χ2n) is 9.95. The van der Waals surface area contributed by atoms with Crippen molar-refractivity contribution in [2.24, 2.45) is 0 Å². The van der Waals surface area contributed by atoms with Crippen molar-refractivity contribution < 1.29 is 22.8 Å². The van der Waals surface area contributed by atoms with E-state index in [0.29, 0.717) is 40.8 Å². The topological polar surface area (TPSA) is 130 Å². The summed E-state index contributed by atoms with van der Waals surface area (Å²) in [5, 5.41) is 10.8. The molecule has 1 saturated carbocycles. The number of benzene rings is 2. The number of halogens is 1. The van der Waals surface area contributed by atoms with Crippen molar-refractivity contribution in [3.05, 3.63) is 52.1 Å². The molecule has 214 valence electrons. The molecule has 0 spiro atoms. The molecule has 3 aromatic rings. The van der Waals surface area contributed by atoms with Gasteiger partial charge in [0.2, 0.25) is 15.9 Å². The number of carbonyl (C=O) groups is 3. The Morgan fingerprint density at radius 3 is 2.42 bits per heavy atom. The largest absolute Gasteiger partial charge is 0.356 e. The molecular formula is C28H34BrN5O5S. The van der Waals surface area contributed by atoms with Crippen LogP contribution in [0.1, 0.15) is 67.4 Å². The zero-order chi connectivity index (χ0) is 29.0. The lowest BCUT2D eigenvalue weighted by Crippen LogP contribution is -2.34. The summed E-state index contributed by atoms with van der Waals surface area (Å²) in [5.74, 6) is -0.305. The SMILES string of the molecule is CCC(=O)CCC(=O)NCCCN(c1cc2nn(-c3ccc(Br)cc3)c(C(=O)NC)c2cc1C1CC1)S(C)(=O)=O. The summed E-state index contributed by atoms with van der Waals surface area (Å²) in [7, 11) is -2.10. The third-order valence-corrected chi connectivity index (χ3v) is 8.61. The van der Waals surface area contributed by atoms with Crippen LogP contribution in [0.4, 0.5) is 5.69 Å². The molecule has 0 bridgehead atoms. The van der Waals surface area contributed by atoms with Crippen molar-refractivity contribution in [2.75, 3.05) is 30.7 Å². The minimum atomic E-state index is -3.66. The van der Waals surface area contributed by atoms with Gasteiger partial charge in [0, 0.05) is 49.3 Å². The van der Waals surface area contributed by atoms with E-state index in [2.05, 4.69) is 26.6 Å². The van der Waals surface area contributed by atoms with Crippen LogP contribution < -0.4 is 14.9 Å². The molecule has 1 aliphatic carbocycles. The van der Waals surface area contributed by atoms with Gasteiger partial charge < -0.3 is 10.6 Å². The Hall–Kier alpha value is -3.25. The van der Waals surface area contributed by atoms with Crippen LogP contribution in [0.25, 0.3) is 16.6 Å². The number of anilines is 1. The van der Waals surface area contributed by atoms with E-state index in [1.165, 1.54) is 10.6 Å². The highest BCUT2D eigenvalue weighted by Crippen LogP contribution is 2.46. The Morgan fingerprint density at radius 1 is 1.12 bits per heavy atom. The number of nitrogens with one attached hydrogen (secondary N) is 2. The first-order valence-corrected chi connectivity index (χ1v) is 16.0. The van der Waals surface area contributed by atoms with Crippen molar-refractivity contribution in [3.63, 3.8) is 0 Å². The summed E-state index contributed by atoms with van der Waals surface area (Å²) in [6.07, 6.45) is 4.14. The number of fused-ring (bicyclic) bond motifs is 1. The maximum atomic E-state index is 13.0. The highest BCUT2D eigenvalue weighted by molar-refractivity contribution is 9.10. The number of hydrogen-bond donors (Lipinski definition) is 2. The predicted molar refractivity (Wildman–Crippen MR) is 158 cm³/mol.